The zero-order valence-corrected chi connectivity index (χ0v) is 15.6. The van der Waals surface area contributed by atoms with Gasteiger partial charge in [-0.3, -0.25) is 9.59 Å². The molecule has 7 nitrogen and oxygen atoms in total. The second-order valence-electron chi connectivity index (χ2n) is 7.36. The van der Waals surface area contributed by atoms with E-state index in [4.69, 9.17) is 0 Å². The second-order valence-corrected chi connectivity index (χ2v) is 9.30. The monoisotopic (exact) mass is 377 g/mol. The van der Waals surface area contributed by atoms with Crippen molar-refractivity contribution < 1.29 is 18.0 Å². The lowest BCUT2D eigenvalue weighted by Crippen LogP contribution is -2.59. The van der Waals surface area contributed by atoms with E-state index in [0.29, 0.717) is 32.5 Å². The first kappa shape index (κ1) is 17.5. The van der Waals surface area contributed by atoms with Gasteiger partial charge in [-0.2, -0.15) is 4.31 Å². The number of sulfonamides is 1. The van der Waals surface area contributed by atoms with Crippen LogP contribution in [0.5, 0.6) is 0 Å². The fourth-order valence-corrected chi connectivity index (χ4v) is 5.33. The molecule has 3 aliphatic heterocycles. The lowest BCUT2D eigenvalue weighted by Gasteiger charge is -2.41. The predicted molar refractivity (Wildman–Crippen MR) is 95.6 cm³/mol. The molecule has 2 amide bonds. The van der Waals surface area contributed by atoms with E-state index in [1.165, 1.54) is 4.31 Å². The SMILES string of the molecule is CS(=O)(=O)N1Cc2ccccc2C[C@@H]1C(=O)N1CCN2C(=O)CC[C@H]2C1. The molecule has 3 aliphatic rings. The van der Waals surface area contributed by atoms with Gasteiger partial charge >= 0.3 is 0 Å². The molecular weight excluding hydrogens is 354 g/mol. The standard InChI is InChI=1S/C18H23N3O4S/c1-26(24,25)21-11-14-5-3-2-4-13(14)10-16(21)18(23)19-8-9-20-15(12-19)6-7-17(20)22/h2-5,15-16H,6-12H2,1H3/t15-,16+/m0/s1. The van der Waals surface area contributed by atoms with Crippen LogP contribution in [0, 0.1) is 0 Å². The molecule has 0 saturated carbocycles. The van der Waals surface area contributed by atoms with Gasteiger partial charge in [0.05, 0.1) is 6.26 Å². The molecule has 0 N–H and O–H groups in total. The fourth-order valence-electron chi connectivity index (χ4n) is 4.33. The van der Waals surface area contributed by atoms with E-state index in [1.54, 1.807) is 4.90 Å². The van der Waals surface area contributed by atoms with Gasteiger partial charge in [0.15, 0.2) is 0 Å². The van der Waals surface area contributed by atoms with E-state index < -0.39 is 16.1 Å². The highest BCUT2D eigenvalue weighted by atomic mass is 32.2. The Hall–Kier alpha value is -1.93. The van der Waals surface area contributed by atoms with E-state index in [9.17, 15) is 18.0 Å². The maximum absolute atomic E-state index is 13.2. The zero-order chi connectivity index (χ0) is 18.5. The average molecular weight is 377 g/mol. The maximum Gasteiger partial charge on any atom is 0.241 e. The summed E-state index contributed by atoms with van der Waals surface area (Å²) in [6.45, 7) is 1.74. The average Bonchev–Trinajstić information content (AvgIpc) is 2.99. The number of nitrogens with zero attached hydrogens (tertiary/aromatic N) is 3. The molecule has 0 unspecified atom stereocenters. The first-order valence-corrected chi connectivity index (χ1v) is 10.8. The number of benzene rings is 1. The number of rotatable bonds is 2. The van der Waals surface area contributed by atoms with Crippen LogP contribution in [-0.4, -0.2) is 72.3 Å². The van der Waals surface area contributed by atoms with Crippen molar-refractivity contribution >= 4 is 21.8 Å². The molecule has 26 heavy (non-hydrogen) atoms. The van der Waals surface area contributed by atoms with Crippen molar-refractivity contribution in [1.82, 2.24) is 14.1 Å². The largest absolute Gasteiger partial charge is 0.337 e. The zero-order valence-electron chi connectivity index (χ0n) is 14.8. The Morgan fingerprint density at radius 2 is 1.88 bits per heavy atom. The Morgan fingerprint density at radius 3 is 2.62 bits per heavy atom. The van der Waals surface area contributed by atoms with E-state index in [-0.39, 0.29) is 24.4 Å². The Bertz CT molecular complexity index is 854. The van der Waals surface area contributed by atoms with Gasteiger partial charge < -0.3 is 9.80 Å². The Balaban J connectivity index is 1.58. The van der Waals surface area contributed by atoms with Gasteiger partial charge in [-0.1, -0.05) is 24.3 Å². The molecule has 1 aromatic carbocycles. The van der Waals surface area contributed by atoms with Gasteiger partial charge in [0.1, 0.15) is 6.04 Å². The topological polar surface area (TPSA) is 78.0 Å². The van der Waals surface area contributed by atoms with Crippen LogP contribution in [0.15, 0.2) is 24.3 Å². The molecule has 2 saturated heterocycles. The van der Waals surface area contributed by atoms with Crippen LogP contribution >= 0.6 is 0 Å². The maximum atomic E-state index is 13.2. The molecule has 3 heterocycles. The smallest absolute Gasteiger partial charge is 0.241 e. The highest BCUT2D eigenvalue weighted by Gasteiger charge is 2.42. The van der Waals surface area contributed by atoms with Gasteiger partial charge in [-0.15, -0.1) is 0 Å². The number of fused-ring (bicyclic) bond motifs is 2. The minimum Gasteiger partial charge on any atom is -0.337 e. The van der Waals surface area contributed by atoms with E-state index in [0.717, 1.165) is 23.8 Å². The van der Waals surface area contributed by atoms with E-state index in [1.807, 2.05) is 29.2 Å². The molecule has 4 rings (SSSR count). The minimum atomic E-state index is -3.51. The first-order valence-electron chi connectivity index (χ1n) is 8.96. The van der Waals surface area contributed by atoms with Crippen LogP contribution < -0.4 is 0 Å². The summed E-state index contributed by atoms with van der Waals surface area (Å²) in [5, 5.41) is 0. The third-order valence-corrected chi connectivity index (χ3v) is 6.96. The van der Waals surface area contributed by atoms with E-state index >= 15 is 0 Å². The van der Waals surface area contributed by atoms with Crippen molar-refractivity contribution in [3.05, 3.63) is 35.4 Å². The predicted octanol–water partition coefficient (Wildman–Crippen LogP) is 0.206. The number of amides is 2. The molecule has 1 aromatic rings. The highest BCUT2D eigenvalue weighted by molar-refractivity contribution is 7.88. The Labute approximate surface area is 153 Å². The first-order chi connectivity index (χ1) is 12.3. The molecule has 2 atom stereocenters. The second kappa shape index (κ2) is 6.35. The van der Waals surface area contributed by atoms with Crippen LogP contribution in [0.4, 0.5) is 0 Å². The van der Waals surface area contributed by atoms with Crippen LogP contribution in [0.1, 0.15) is 24.0 Å². The number of hydrogen-bond acceptors (Lipinski definition) is 4. The summed E-state index contributed by atoms with van der Waals surface area (Å²) in [5.74, 6) is 0.00961. The van der Waals surface area contributed by atoms with Gasteiger partial charge in [0.2, 0.25) is 21.8 Å². The highest BCUT2D eigenvalue weighted by Crippen LogP contribution is 2.28. The summed E-state index contributed by atoms with van der Waals surface area (Å²) in [4.78, 5) is 28.7. The minimum absolute atomic E-state index is 0.0720. The van der Waals surface area contributed by atoms with E-state index in [2.05, 4.69) is 0 Å². The molecule has 0 aliphatic carbocycles. The number of hydrogen-bond donors (Lipinski definition) is 0. The van der Waals surface area contributed by atoms with Crippen molar-refractivity contribution in [3.8, 4) is 0 Å². The summed E-state index contributed by atoms with van der Waals surface area (Å²) >= 11 is 0. The van der Waals surface area contributed by atoms with Gasteiger partial charge in [0.25, 0.3) is 0 Å². The third kappa shape index (κ3) is 3.01. The normalized spacial score (nSPS) is 26.6. The summed E-state index contributed by atoms with van der Waals surface area (Å²) in [7, 11) is -3.51. The van der Waals surface area contributed by atoms with Crippen LogP contribution in [0.2, 0.25) is 0 Å². The summed E-state index contributed by atoms with van der Waals surface area (Å²) < 4.78 is 26.0. The molecule has 0 bridgehead atoms. The van der Waals surface area contributed by atoms with Crippen molar-refractivity contribution in [3.63, 3.8) is 0 Å². The lowest BCUT2D eigenvalue weighted by molar-refractivity contribution is -0.142. The molecule has 0 spiro atoms. The van der Waals surface area contributed by atoms with Crippen LogP contribution in [0.25, 0.3) is 0 Å². The van der Waals surface area contributed by atoms with Crippen molar-refractivity contribution in [2.75, 3.05) is 25.9 Å². The lowest BCUT2D eigenvalue weighted by atomic mass is 9.95. The van der Waals surface area contributed by atoms with Gasteiger partial charge in [-0.05, 0) is 24.0 Å². The Kier molecular flexibility index (Phi) is 4.27. The third-order valence-electron chi connectivity index (χ3n) is 5.72. The van der Waals surface area contributed by atoms with Crippen molar-refractivity contribution in [2.45, 2.75) is 37.9 Å². The number of carbonyl (C=O) groups excluding carboxylic acids is 2. The summed E-state index contributed by atoms with van der Waals surface area (Å²) in [5.41, 5.74) is 1.98. The van der Waals surface area contributed by atoms with Crippen LogP contribution in [-0.2, 0) is 32.6 Å². The van der Waals surface area contributed by atoms with Gasteiger partial charge in [-0.25, -0.2) is 8.42 Å². The number of piperazine rings is 1. The Morgan fingerprint density at radius 1 is 1.15 bits per heavy atom. The quantitative estimate of drug-likeness (QED) is 0.738. The number of carbonyl (C=O) groups is 2. The van der Waals surface area contributed by atoms with Crippen LogP contribution in [0.3, 0.4) is 0 Å². The summed E-state index contributed by atoms with van der Waals surface area (Å²) in [6, 6.07) is 7.04. The summed E-state index contributed by atoms with van der Waals surface area (Å²) in [6.07, 6.45) is 2.87. The molecule has 0 aromatic heterocycles. The van der Waals surface area contributed by atoms with Gasteiger partial charge in [0, 0.05) is 38.6 Å². The molecule has 140 valence electrons. The van der Waals surface area contributed by atoms with Crippen molar-refractivity contribution in [1.29, 1.82) is 0 Å². The molecule has 8 heteroatoms. The molecule has 2 fully saturated rings. The van der Waals surface area contributed by atoms with Crippen molar-refractivity contribution in [2.24, 2.45) is 0 Å². The fraction of sp³-hybridized carbons (Fsp3) is 0.556. The molecule has 0 radical (unpaired) electrons. The molecular formula is C18H23N3O4S.